The van der Waals surface area contributed by atoms with Crippen LogP contribution in [0.5, 0.6) is 5.75 Å². The van der Waals surface area contributed by atoms with Gasteiger partial charge in [0.1, 0.15) is 30.2 Å². The third-order valence-electron chi connectivity index (χ3n) is 3.09. The van der Waals surface area contributed by atoms with Crippen molar-refractivity contribution in [1.82, 2.24) is 0 Å². The molecular weight excluding hydrogens is 308 g/mol. The lowest BCUT2D eigenvalue weighted by Gasteiger charge is -2.24. The van der Waals surface area contributed by atoms with Crippen molar-refractivity contribution < 1.29 is 40.2 Å². The number of phenolic OH excluding ortho intramolecular Hbond substituents is 1. The van der Waals surface area contributed by atoms with Crippen molar-refractivity contribution in [3.8, 4) is 5.75 Å². The fourth-order valence-corrected chi connectivity index (χ4v) is 1.66. The van der Waals surface area contributed by atoms with Crippen LogP contribution in [-0.2, 0) is 9.59 Å². The lowest BCUT2D eigenvalue weighted by molar-refractivity contribution is -0.152. The van der Waals surface area contributed by atoms with E-state index in [2.05, 4.69) is 0 Å². The average molecular weight is 326 g/mol. The molecular formula is C15H18O8. The predicted molar refractivity (Wildman–Crippen MR) is 78.3 cm³/mol. The fourth-order valence-electron chi connectivity index (χ4n) is 1.66. The summed E-state index contributed by atoms with van der Waals surface area (Å²) < 4.78 is 0. The normalized spacial score (nSPS) is 16.7. The molecule has 0 aromatic heterocycles. The standard InChI is InChI=1S/C15H18O8/c16-7-11(19)13(21)15(23)14(22)12(20)10(18)6-3-8-1-4-9(17)5-2-8/h1-6,11,13-17,19,21-23H,7H2/t11-,13-,14+,15+/m1/s1. The van der Waals surface area contributed by atoms with Gasteiger partial charge in [-0.05, 0) is 23.8 Å². The Morgan fingerprint density at radius 1 is 1.00 bits per heavy atom. The van der Waals surface area contributed by atoms with Crippen LogP contribution in [-0.4, -0.2) is 73.2 Å². The van der Waals surface area contributed by atoms with Crippen molar-refractivity contribution in [1.29, 1.82) is 0 Å². The smallest absolute Gasteiger partial charge is 0.233 e. The van der Waals surface area contributed by atoms with Gasteiger partial charge in [-0.15, -0.1) is 0 Å². The molecule has 6 N–H and O–H groups in total. The Morgan fingerprint density at radius 3 is 2.09 bits per heavy atom. The Kier molecular flexibility index (Phi) is 7.01. The second-order valence-corrected chi connectivity index (χ2v) is 4.83. The first-order valence-corrected chi connectivity index (χ1v) is 6.66. The molecule has 0 spiro atoms. The lowest BCUT2D eigenvalue weighted by Crippen LogP contribution is -2.49. The van der Waals surface area contributed by atoms with Crippen molar-refractivity contribution in [3.05, 3.63) is 35.9 Å². The molecule has 0 aliphatic rings. The van der Waals surface area contributed by atoms with Crippen LogP contribution in [0.3, 0.4) is 0 Å². The quantitative estimate of drug-likeness (QED) is 0.236. The molecule has 1 aromatic carbocycles. The van der Waals surface area contributed by atoms with E-state index in [1.807, 2.05) is 0 Å². The molecule has 0 heterocycles. The number of aliphatic hydroxyl groups excluding tert-OH is 5. The van der Waals surface area contributed by atoms with Crippen LogP contribution in [0.15, 0.2) is 30.3 Å². The summed E-state index contributed by atoms with van der Waals surface area (Å²) in [6, 6.07) is 5.71. The lowest BCUT2D eigenvalue weighted by atomic mass is 9.98. The zero-order chi connectivity index (χ0) is 17.6. The van der Waals surface area contributed by atoms with E-state index < -0.39 is 42.6 Å². The van der Waals surface area contributed by atoms with Gasteiger partial charge in [0.15, 0.2) is 0 Å². The number of carbonyl (C=O) groups excluding carboxylic acids is 2. The molecule has 0 radical (unpaired) electrons. The highest BCUT2D eigenvalue weighted by atomic mass is 16.4. The first kappa shape index (κ1) is 18.9. The van der Waals surface area contributed by atoms with Crippen molar-refractivity contribution in [2.24, 2.45) is 0 Å². The fraction of sp³-hybridized carbons (Fsp3) is 0.333. The first-order chi connectivity index (χ1) is 10.8. The van der Waals surface area contributed by atoms with E-state index in [4.69, 9.17) is 15.3 Å². The minimum atomic E-state index is -2.25. The Bertz CT molecular complexity index is 565. The van der Waals surface area contributed by atoms with Gasteiger partial charge in [-0.2, -0.15) is 0 Å². The number of allylic oxidation sites excluding steroid dienone is 1. The van der Waals surface area contributed by atoms with E-state index in [0.717, 1.165) is 6.08 Å². The number of ketones is 2. The monoisotopic (exact) mass is 326 g/mol. The second-order valence-electron chi connectivity index (χ2n) is 4.83. The van der Waals surface area contributed by atoms with Crippen molar-refractivity contribution in [3.63, 3.8) is 0 Å². The molecule has 0 saturated carbocycles. The summed E-state index contributed by atoms with van der Waals surface area (Å²) in [6.07, 6.45) is -6.01. The molecule has 8 nitrogen and oxygen atoms in total. The molecule has 0 fully saturated rings. The third-order valence-corrected chi connectivity index (χ3v) is 3.09. The van der Waals surface area contributed by atoms with E-state index in [1.54, 1.807) is 0 Å². The third kappa shape index (κ3) is 5.23. The summed E-state index contributed by atoms with van der Waals surface area (Å²) in [7, 11) is 0. The number of Topliss-reactive ketones (excluding diaryl/α,β-unsaturated/α-hetero) is 1. The van der Waals surface area contributed by atoms with E-state index in [-0.39, 0.29) is 5.75 Å². The number of phenols is 1. The number of aliphatic hydroxyl groups is 5. The van der Waals surface area contributed by atoms with E-state index in [0.29, 0.717) is 5.56 Å². The summed E-state index contributed by atoms with van der Waals surface area (Å²) in [4.78, 5) is 23.3. The molecule has 0 aliphatic carbocycles. The first-order valence-electron chi connectivity index (χ1n) is 6.66. The van der Waals surface area contributed by atoms with Crippen molar-refractivity contribution in [2.75, 3.05) is 6.61 Å². The summed E-state index contributed by atoms with van der Waals surface area (Å²) in [5.41, 5.74) is 0.509. The molecule has 0 aliphatic heterocycles. The number of hydrogen-bond acceptors (Lipinski definition) is 8. The number of carbonyl (C=O) groups is 2. The summed E-state index contributed by atoms with van der Waals surface area (Å²) in [6.45, 7) is -0.895. The van der Waals surface area contributed by atoms with Crippen LogP contribution >= 0.6 is 0 Å². The molecule has 0 amide bonds. The number of rotatable bonds is 8. The number of benzene rings is 1. The molecule has 1 aromatic rings. The van der Waals surface area contributed by atoms with Crippen LogP contribution in [0.2, 0.25) is 0 Å². The van der Waals surface area contributed by atoms with Gasteiger partial charge in [0.25, 0.3) is 0 Å². The highest BCUT2D eigenvalue weighted by molar-refractivity contribution is 6.43. The minimum Gasteiger partial charge on any atom is -0.508 e. The highest BCUT2D eigenvalue weighted by Gasteiger charge is 2.35. The van der Waals surface area contributed by atoms with E-state index in [9.17, 15) is 24.9 Å². The maximum Gasteiger partial charge on any atom is 0.233 e. The Balaban J connectivity index is 2.71. The van der Waals surface area contributed by atoms with Crippen LogP contribution in [0, 0.1) is 0 Å². The Hall–Kier alpha value is -2.10. The summed E-state index contributed by atoms with van der Waals surface area (Å²) >= 11 is 0. The second kappa shape index (κ2) is 8.51. The van der Waals surface area contributed by atoms with Gasteiger partial charge in [0.05, 0.1) is 6.61 Å². The van der Waals surface area contributed by atoms with Gasteiger partial charge >= 0.3 is 0 Å². The van der Waals surface area contributed by atoms with Gasteiger partial charge < -0.3 is 30.6 Å². The SMILES string of the molecule is O=C(C=Cc1ccc(O)cc1)C(=O)[C@H](O)[C@@H](O)[C@H](O)[C@H](O)CO. The molecule has 1 rings (SSSR count). The molecule has 23 heavy (non-hydrogen) atoms. The maximum atomic E-state index is 11.7. The molecule has 0 unspecified atom stereocenters. The molecule has 8 heteroatoms. The van der Waals surface area contributed by atoms with Gasteiger partial charge in [-0.25, -0.2) is 0 Å². The zero-order valence-corrected chi connectivity index (χ0v) is 12.0. The molecule has 0 saturated heterocycles. The van der Waals surface area contributed by atoms with E-state index >= 15 is 0 Å². The van der Waals surface area contributed by atoms with E-state index in [1.165, 1.54) is 30.3 Å². The Labute approximate surface area is 131 Å². The number of hydrogen-bond donors (Lipinski definition) is 6. The van der Waals surface area contributed by atoms with Gasteiger partial charge in [0, 0.05) is 0 Å². The van der Waals surface area contributed by atoms with Gasteiger partial charge in [-0.1, -0.05) is 18.2 Å². The minimum absolute atomic E-state index is 0.0273. The van der Waals surface area contributed by atoms with Crippen molar-refractivity contribution in [2.45, 2.75) is 24.4 Å². The maximum absolute atomic E-state index is 11.7. The number of aromatic hydroxyl groups is 1. The zero-order valence-electron chi connectivity index (χ0n) is 12.0. The van der Waals surface area contributed by atoms with Crippen LogP contribution in [0.25, 0.3) is 6.08 Å². The van der Waals surface area contributed by atoms with Gasteiger partial charge in [0.2, 0.25) is 11.6 Å². The van der Waals surface area contributed by atoms with Crippen LogP contribution in [0.1, 0.15) is 5.56 Å². The molecule has 0 bridgehead atoms. The molecule has 126 valence electrons. The van der Waals surface area contributed by atoms with Gasteiger partial charge in [-0.3, -0.25) is 9.59 Å². The van der Waals surface area contributed by atoms with Crippen LogP contribution in [0.4, 0.5) is 0 Å². The molecule has 4 atom stereocenters. The Morgan fingerprint density at radius 2 is 1.57 bits per heavy atom. The topological polar surface area (TPSA) is 156 Å². The predicted octanol–water partition coefficient (Wildman–Crippen LogP) is -2.02. The van der Waals surface area contributed by atoms with Crippen molar-refractivity contribution >= 4 is 17.6 Å². The summed E-state index contributed by atoms with van der Waals surface area (Å²) in [5.74, 6) is -2.48. The average Bonchev–Trinajstić information content (AvgIpc) is 2.57. The summed E-state index contributed by atoms with van der Waals surface area (Å²) in [5, 5.41) is 55.4. The highest BCUT2D eigenvalue weighted by Crippen LogP contribution is 2.11. The van der Waals surface area contributed by atoms with Crippen LogP contribution < -0.4 is 0 Å². The largest absolute Gasteiger partial charge is 0.508 e.